The van der Waals surface area contributed by atoms with E-state index >= 15 is 0 Å². The van der Waals surface area contributed by atoms with Crippen molar-refractivity contribution in [2.24, 2.45) is 0 Å². The minimum atomic E-state index is 0.290. The molecule has 0 aliphatic rings. The molecule has 0 radical (unpaired) electrons. The Hall–Kier alpha value is -1.19. The lowest BCUT2D eigenvalue weighted by Crippen LogP contribution is -2.23. The first kappa shape index (κ1) is 13.2. The zero-order chi connectivity index (χ0) is 13.1. The molecule has 0 bridgehead atoms. The van der Waals surface area contributed by atoms with Crippen LogP contribution in [0.15, 0.2) is 29.6 Å². The average molecular weight is 260 g/mol. The van der Waals surface area contributed by atoms with Crippen LogP contribution in [0.25, 0.3) is 0 Å². The van der Waals surface area contributed by atoms with Crippen LogP contribution in [-0.4, -0.2) is 4.98 Å². The summed E-state index contributed by atoms with van der Waals surface area (Å²) in [5.41, 5.74) is 3.80. The van der Waals surface area contributed by atoms with Crippen molar-refractivity contribution in [3.63, 3.8) is 0 Å². The molecular formula is C15H20N2S. The summed E-state index contributed by atoms with van der Waals surface area (Å²) in [4.78, 5) is 4.54. The van der Waals surface area contributed by atoms with E-state index in [9.17, 15) is 0 Å². The van der Waals surface area contributed by atoms with Crippen molar-refractivity contribution in [3.05, 3.63) is 51.5 Å². The SMILES string of the molecule is Cc1csc(C(C)NC(C)c2ccccc2C)n1. The van der Waals surface area contributed by atoms with Gasteiger partial charge in [0.1, 0.15) is 5.01 Å². The Morgan fingerprint density at radius 1 is 1.11 bits per heavy atom. The number of hydrogen-bond acceptors (Lipinski definition) is 3. The van der Waals surface area contributed by atoms with Gasteiger partial charge in [-0.3, -0.25) is 0 Å². The van der Waals surface area contributed by atoms with Crippen molar-refractivity contribution in [2.75, 3.05) is 0 Å². The van der Waals surface area contributed by atoms with Crippen LogP contribution in [0.1, 0.15) is 47.8 Å². The Morgan fingerprint density at radius 3 is 2.44 bits per heavy atom. The number of thiazole rings is 1. The molecule has 0 aliphatic heterocycles. The largest absolute Gasteiger partial charge is 0.302 e. The standard InChI is InChI=1S/C15H20N2S/c1-10-7-5-6-8-14(10)12(3)17-13(4)15-16-11(2)9-18-15/h5-9,12-13,17H,1-4H3. The van der Waals surface area contributed by atoms with Gasteiger partial charge >= 0.3 is 0 Å². The molecule has 96 valence electrons. The van der Waals surface area contributed by atoms with Crippen LogP contribution in [0.5, 0.6) is 0 Å². The zero-order valence-corrected chi connectivity index (χ0v) is 12.2. The van der Waals surface area contributed by atoms with E-state index < -0.39 is 0 Å². The van der Waals surface area contributed by atoms with Crippen molar-refractivity contribution < 1.29 is 0 Å². The van der Waals surface area contributed by atoms with E-state index in [0.29, 0.717) is 12.1 Å². The summed E-state index contributed by atoms with van der Waals surface area (Å²) in [7, 11) is 0. The number of benzene rings is 1. The number of nitrogens with one attached hydrogen (secondary N) is 1. The van der Waals surface area contributed by atoms with Gasteiger partial charge in [-0.05, 0) is 38.8 Å². The highest BCUT2D eigenvalue weighted by Gasteiger charge is 2.14. The van der Waals surface area contributed by atoms with E-state index in [1.807, 2.05) is 6.92 Å². The van der Waals surface area contributed by atoms with Crippen LogP contribution in [0, 0.1) is 13.8 Å². The van der Waals surface area contributed by atoms with Gasteiger partial charge in [-0.2, -0.15) is 0 Å². The second kappa shape index (κ2) is 5.63. The van der Waals surface area contributed by atoms with Gasteiger partial charge in [0.2, 0.25) is 0 Å². The highest BCUT2D eigenvalue weighted by Crippen LogP contribution is 2.23. The van der Waals surface area contributed by atoms with Crippen LogP contribution >= 0.6 is 11.3 Å². The Labute approximate surface area is 113 Å². The van der Waals surface area contributed by atoms with Crippen LogP contribution < -0.4 is 5.32 Å². The second-order valence-electron chi connectivity index (χ2n) is 4.79. The van der Waals surface area contributed by atoms with Crippen LogP contribution in [0.3, 0.4) is 0 Å². The number of aryl methyl sites for hydroxylation is 2. The molecule has 2 nitrogen and oxygen atoms in total. The molecule has 1 heterocycles. The van der Waals surface area contributed by atoms with Crippen molar-refractivity contribution >= 4 is 11.3 Å². The molecule has 0 spiro atoms. The van der Waals surface area contributed by atoms with Crippen LogP contribution in [0.2, 0.25) is 0 Å². The first-order valence-corrected chi connectivity index (χ1v) is 7.19. The van der Waals surface area contributed by atoms with Gasteiger partial charge in [-0.1, -0.05) is 24.3 Å². The molecule has 1 N–H and O–H groups in total. The van der Waals surface area contributed by atoms with Crippen LogP contribution in [0.4, 0.5) is 0 Å². The lowest BCUT2D eigenvalue weighted by molar-refractivity contribution is 0.491. The maximum atomic E-state index is 4.54. The molecule has 0 aliphatic carbocycles. The van der Waals surface area contributed by atoms with Crippen LogP contribution in [-0.2, 0) is 0 Å². The fraction of sp³-hybridized carbons (Fsp3) is 0.400. The van der Waals surface area contributed by atoms with E-state index in [1.165, 1.54) is 11.1 Å². The maximum absolute atomic E-state index is 4.54. The molecule has 2 unspecified atom stereocenters. The van der Waals surface area contributed by atoms with Gasteiger partial charge in [0.15, 0.2) is 0 Å². The molecule has 2 rings (SSSR count). The summed E-state index contributed by atoms with van der Waals surface area (Å²) < 4.78 is 0. The van der Waals surface area contributed by atoms with Gasteiger partial charge in [-0.25, -0.2) is 4.98 Å². The first-order chi connectivity index (χ1) is 8.58. The predicted octanol–water partition coefficient (Wildman–Crippen LogP) is 4.17. The van der Waals surface area contributed by atoms with E-state index in [0.717, 1.165) is 10.7 Å². The van der Waals surface area contributed by atoms with Crippen molar-refractivity contribution in [2.45, 2.75) is 39.8 Å². The third kappa shape index (κ3) is 2.98. The highest BCUT2D eigenvalue weighted by molar-refractivity contribution is 7.09. The lowest BCUT2D eigenvalue weighted by Gasteiger charge is -2.20. The summed E-state index contributed by atoms with van der Waals surface area (Å²) >= 11 is 1.73. The molecular weight excluding hydrogens is 240 g/mol. The Kier molecular flexibility index (Phi) is 4.15. The third-order valence-corrected chi connectivity index (χ3v) is 4.31. The van der Waals surface area contributed by atoms with Gasteiger partial charge in [0.05, 0.1) is 6.04 Å². The molecule has 0 saturated heterocycles. The molecule has 2 atom stereocenters. The number of hydrogen-bond donors (Lipinski definition) is 1. The molecule has 0 saturated carbocycles. The number of rotatable bonds is 4. The molecule has 1 aromatic heterocycles. The average Bonchev–Trinajstić information content (AvgIpc) is 2.76. The molecule has 0 fully saturated rings. The summed E-state index contributed by atoms with van der Waals surface area (Å²) in [6.45, 7) is 8.58. The normalized spacial score (nSPS) is 14.4. The topological polar surface area (TPSA) is 24.9 Å². The van der Waals surface area contributed by atoms with Crippen molar-refractivity contribution in [1.82, 2.24) is 10.3 Å². The monoisotopic (exact) mass is 260 g/mol. The summed E-state index contributed by atoms with van der Waals surface area (Å²) in [6, 6.07) is 9.15. The predicted molar refractivity (Wildman–Crippen MR) is 78.0 cm³/mol. The van der Waals surface area contributed by atoms with E-state index in [-0.39, 0.29) is 0 Å². The smallest absolute Gasteiger partial charge is 0.110 e. The van der Waals surface area contributed by atoms with Crippen molar-refractivity contribution in [1.29, 1.82) is 0 Å². The van der Waals surface area contributed by atoms with E-state index in [4.69, 9.17) is 0 Å². The van der Waals surface area contributed by atoms with Gasteiger partial charge in [-0.15, -0.1) is 11.3 Å². The molecule has 18 heavy (non-hydrogen) atoms. The maximum Gasteiger partial charge on any atom is 0.110 e. The number of nitrogens with zero attached hydrogens (tertiary/aromatic N) is 1. The Balaban J connectivity index is 2.08. The van der Waals surface area contributed by atoms with Gasteiger partial charge in [0.25, 0.3) is 0 Å². The second-order valence-corrected chi connectivity index (χ2v) is 5.68. The zero-order valence-electron chi connectivity index (χ0n) is 11.4. The number of aromatic nitrogens is 1. The van der Waals surface area contributed by atoms with E-state index in [2.05, 4.69) is 60.7 Å². The van der Waals surface area contributed by atoms with E-state index in [1.54, 1.807) is 11.3 Å². The quantitative estimate of drug-likeness (QED) is 0.892. The lowest BCUT2D eigenvalue weighted by atomic mass is 10.0. The Morgan fingerprint density at radius 2 is 1.83 bits per heavy atom. The fourth-order valence-electron chi connectivity index (χ4n) is 2.18. The molecule has 1 aromatic carbocycles. The third-order valence-electron chi connectivity index (χ3n) is 3.16. The molecule has 2 aromatic rings. The summed E-state index contributed by atoms with van der Waals surface area (Å²) in [5.74, 6) is 0. The van der Waals surface area contributed by atoms with Gasteiger partial charge in [0, 0.05) is 17.1 Å². The summed E-state index contributed by atoms with van der Waals surface area (Å²) in [5, 5.41) is 6.88. The fourth-order valence-corrected chi connectivity index (χ4v) is 2.99. The summed E-state index contributed by atoms with van der Waals surface area (Å²) in [6.07, 6.45) is 0. The first-order valence-electron chi connectivity index (χ1n) is 6.31. The minimum Gasteiger partial charge on any atom is -0.302 e. The minimum absolute atomic E-state index is 0.290. The van der Waals surface area contributed by atoms with Gasteiger partial charge < -0.3 is 5.32 Å². The molecule has 0 amide bonds. The molecule has 3 heteroatoms. The highest BCUT2D eigenvalue weighted by atomic mass is 32.1. The van der Waals surface area contributed by atoms with Crippen molar-refractivity contribution in [3.8, 4) is 0 Å². The Bertz CT molecular complexity index is 519.